The van der Waals surface area contributed by atoms with Crippen molar-refractivity contribution in [2.75, 3.05) is 38.2 Å². The van der Waals surface area contributed by atoms with Crippen molar-refractivity contribution in [3.05, 3.63) is 70.9 Å². The van der Waals surface area contributed by atoms with Gasteiger partial charge in [0, 0.05) is 36.3 Å². The number of nitrogens with zero attached hydrogens (tertiary/aromatic N) is 2. The first-order valence-corrected chi connectivity index (χ1v) is 10.3. The molecule has 6 nitrogen and oxygen atoms in total. The molecule has 1 aromatic heterocycles. The van der Waals surface area contributed by atoms with Crippen LogP contribution in [-0.2, 0) is 22.6 Å². The van der Waals surface area contributed by atoms with Crippen molar-refractivity contribution in [2.24, 2.45) is 0 Å². The molecule has 0 saturated carbocycles. The van der Waals surface area contributed by atoms with Crippen LogP contribution >= 0.6 is 0 Å². The summed E-state index contributed by atoms with van der Waals surface area (Å²) in [5, 5.41) is 13.8. The largest absolute Gasteiger partial charge is 0.392 e. The summed E-state index contributed by atoms with van der Waals surface area (Å²) in [6.07, 6.45) is 0.646. The molecule has 0 aliphatic carbocycles. The highest BCUT2D eigenvalue weighted by molar-refractivity contribution is 5.93. The van der Waals surface area contributed by atoms with E-state index in [1.54, 1.807) is 0 Å². The Bertz CT molecular complexity index is 1050. The number of fused-ring (bicyclic) bond motifs is 1. The van der Waals surface area contributed by atoms with E-state index >= 15 is 0 Å². The normalized spacial score (nSPS) is 14.7. The number of rotatable bonds is 6. The molecule has 6 heteroatoms. The number of aromatic nitrogens is 1. The first kappa shape index (κ1) is 20.5. The summed E-state index contributed by atoms with van der Waals surface area (Å²) < 4.78 is 5.35. The monoisotopic (exact) mass is 405 g/mol. The summed E-state index contributed by atoms with van der Waals surface area (Å²) in [6, 6.07) is 15.9. The third-order valence-corrected chi connectivity index (χ3v) is 5.45. The number of aliphatic hydroxyl groups is 1. The number of ether oxygens (including phenoxy) is 1. The number of carbonyl (C=O) groups is 1. The molecule has 0 unspecified atom stereocenters. The summed E-state index contributed by atoms with van der Waals surface area (Å²) in [7, 11) is 0. The van der Waals surface area contributed by atoms with E-state index in [1.807, 2.05) is 49.4 Å². The van der Waals surface area contributed by atoms with Crippen molar-refractivity contribution in [3.63, 3.8) is 0 Å². The standard InChI is InChI=1S/C24H27N3O3/c1-17-13-20(16-28)21-7-4-6-19(24(21)25-17)14-18-5-2-3-8-22(18)26-23(29)15-27-9-11-30-12-10-27/h2-8,13,28H,9-12,14-16H2,1H3,(H,26,29). The molecule has 0 radical (unpaired) electrons. The number of anilines is 1. The van der Waals surface area contributed by atoms with E-state index in [0.29, 0.717) is 26.2 Å². The van der Waals surface area contributed by atoms with Crippen LogP contribution in [0.4, 0.5) is 5.69 Å². The molecule has 2 heterocycles. The summed E-state index contributed by atoms with van der Waals surface area (Å²) in [4.78, 5) is 19.4. The second kappa shape index (κ2) is 9.34. The number of benzene rings is 2. The minimum atomic E-state index is -0.0164. The van der Waals surface area contributed by atoms with Crippen LogP contribution in [0.1, 0.15) is 22.4 Å². The average Bonchev–Trinajstić information content (AvgIpc) is 2.75. The van der Waals surface area contributed by atoms with Gasteiger partial charge in [-0.25, -0.2) is 0 Å². The van der Waals surface area contributed by atoms with Crippen molar-refractivity contribution in [3.8, 4) is 0 Å². The summed E-state index contributed by atoms with van der Waals surface area (Å²) in [5.41, 5.74) is 5.59. The number of aliphatic hydroxyl groups excluding tert-OH is 1. The van der Waals surface area contributed by atoms with Crippen LogP contribution in [0.15, 0.2) is 48.5 Å². The minimum Gasteiger partial charge on any atom is -0.392 e. The molecule has 1 aliphatic rings. The first-order chi connectivity index (χ1) is 14.6. The van der Waals surface area contributed by atoms with Crippen molar-refractivity contribution >= 4 is 22.5 Å². The molecule has 1 aliphatic heterocycles. The maximum Gasteiger partial charge on any atom is 0.238 e. The quantitative estimate of drug-likeness (QED) is 0.660. The lowest BCUT2D eigenvalue weighted by atomic mass is 9.98. The van der Waals surface area contributed by atoms with E-state index in [-0.39, 0.29) is 12.5 Å². The van der Waals surface area contributed by atoms with Gasteiger partial charge >= 0.3 is 0 Å². The molecule has 1 saturated heterocycles. The van der Waals surface area contributed by atoms with E-state index in [0.717, 1.165) is 52.1 Å². The molecule has 2 aromatic carbocycles. The Balaban J connectivity index is 1.57. The van der Waals surface area contributed by atoms with Crippen LogP contribution in [0.25, 0.3) is 10.9 Å². The third-order valence-electron chi connectivity index (χ3n) is 5.45. The molecule has 1 amide bonds. The van der Waals surface area contributed by atoms with E-state index < -0.39 is 0 Å². The van der Waals surface area contributed by atoms with Crippen molar-refractivity contribution in [1.82, 2.24) is 9.88 Å². The van der Waals surface area contributed by atoms with Gasteiger partial charge in [-0.05, 0) is 35.7 Å². The zero-order valence-electron chi connectivity index (χ0n) is 17.2. The topological polar surface area (TPSA) is 74.7 Å². The van der Waals surface area contributed by atoms with Gasteiger partial charge in [-0.2, -0.15) is 0 Å². The average molecular weight is 405 g/mol. The van der Waals surface area contributed by atoms with Crippen LogP contribution in [0.2, 0.25) is 0 Å². The molecule has 156 valence electrons. The number of aryl methyl sites for hydroxylation is 1. The zero-order valence-corrected chi connectivity index (χ0v) is 17.2. The Morgan fingerprint density at radius 2 is 1.87 bits per heavy atom. The van der Waals surface area contributed by atoms with Crippen molar-refractivity contribution in [1.29, 1.82) is 0 Å². The van der Waals surface area contributed by atoms with Gasteiger partial charge in [-0.1, -0.05) is 36.4 Å². The van der Waals surface area contributed by atoms with Crippen LogP contribution < -0.4 is 5.32 Å². The van der Waals surface area contributed by atoms with E-state index in [1.165, 1.54) is 0 Å². The summed E-state index contributed by atoms with van der Waals surface area (Å²) >= 11 is 0. The molecular weight excluding hydrogens is 378 g/mol. The van der Waals surface area contributed by atoms with Crippen LogP contribution in [-0.4, -0.2) is 53.7 Å². The minimum absolute atomic E-state index is 0.0150. The van der Waals surface area contributed by atoms with E-state index in [4.69, 9.17) is 9.72 Å². The second-order valence-corrected chi connectivity index (χ2v) is 7.66. The Hall–Kier alpha value is -2.80. The van der Waals surface area contributed by atoms with Crippen LogP contribution in [0.3, 0.4) is 0 Å². The predicted octanol–water partition coefficient (Wildman–Crippen LogP) is 2.90. The second-order valence-electron chi connectivity index (χ2n) is 7.66. The molecule has 4 rings (SSSR count). The predicted molar refractivity (Wildman–Crippen MR) is 118 cm³/mol. The van der Waals surface area contributed by atoms with Gasteiger partial charge in [0.2, 0.25) is 5.91 Å². The van der Waals surface area contributed by atoms with Crippen molar-refractivity contribution < 1.29 is 14.6 Å². The highest BCUT2D eigenvalue weighted by atomic mass is 16.5. The van der Waals surface area contributed by atoms with Gasteiger partial charge < -0.3 is 15.2 Å². The Morgan fingerprint density at radius 1 is 1.10 bits per heavy atom. The lowest BCUT2D eigenvalue weighted by Crippen LogP contribution is -2.41. The molecule has 0 atom stereocenters. The SMILES string of the molecule is Cc1cc(CO)c2cccc(Cc3ccccc3NC(=O)CN3CCOCC3)c2n1. The third kappa shape index (κ3) is 4.67. The number of pyridine rings is 1. The Kier molecular flexibility index (Phi) is 6.38. The molecule has 0 spiro atoms. The fourth-order valence-corrected chi connectivity index (χ4v) is 3.95. The Morgan fingerprint density at radius 3 is 2.67 bits per heavy atom. The fraction of sp³-hybridized carbons (Fsp3) is 0.333. The maximum absolute atomic E-state index is 12.6. The van der Waals surface area contributed by atoms with Crippen molar-refractivity contribution in [2.45, 2.75) is 20.0 Å². The maximum atomic E-state index is 12.6. The van der Waals surface area contributed by atoms with Gasteiger partial charge in [0.25, 0.3) is 0 Å². The number of hydrogen-bond acceptors (Lipinski definition) is 5. The highest BCUT2D eigenvalue weighted by Gasteiger charge is 2.16. The number of amides is 1. The molecule has 0 bridgehead atoms. The van der Waals surface area contributed by atoms with E-state index in [2.05, 4.69) is 16.3 Å². The van der Waals surface area contributed by atoms with Gasteiger partial charge in [0.05, 0.1) is 31.9 Å². The smallest absolute Gasteiger partial charge is 0.238 e. The number of nitrogens with one attached hydrogen (secondary N) is 1. The van der Waals surface area contributed by atoms with Gasteiger partial charge in [-0.15, -0.1) is 0 Å². The van der Waals surface area contributed by atoms with Gasteiger partial charge in [0.1, 0.15) is 0 Å². The number of para-hydroxylation sites is 2. The Labute approximate surface area is 176 Å². The molecule has 1 fully saturated rings. The van der Waals surface area contributed by atoms with E-state index in [9.17, 15) is 9.90 Å². The summed E-state index contributed by atoms with van der Waals surface area (Å²) in [6.45, 7) is 5.20. The zero-order chi connectivity index (χ0) is 20.9. The number of hydrogen-bond donors (Lipinski definition) is 2. The van der Waals surface area contributed by atoms with Gasteiger partial charge in [-0.3, -0.25) is 14.7 Å². The first-order valence-electron chi connectivity index (χ1n) is 10.3. The van der Waals surface area contributed by atoms with Crippen LogP contribution in [0.5, 0.6) is 0 Å². The molecule has 30 heavy (non-hydrogen) atoms. The number of carbonyl (C=O) groups excluding carboxylic acids is 1. The number of morpholine rings is 1. The summed E-state index contributed by atoms with van der Waals surface area (Å²) in [5.74, 6) is -0.0150. The fourth-order valence-electron chi connectivity index (χ4n) is 3.95. The lowest BCUT2D eigenvalue weighted by molar-refractivity contribution is -0.118. The molecular formula is C24H27N3O3. The lowest BCUT2D eigenvalue weighted by Gasteiger charge is -2.26. The van der Waals surface area contributed by atoms with Gasteiger partial charge in [0.15, 0.2) is 0 Å². The molecule has 2 N–H and O–H groups in total. The van der Waals surface area contributed by atoms with Crippen LogP contribution in [0, 0.1) is 6.92 Å². The highest BCUT2D eigenvalue weighted by Crippen LogP contribution is 2.26. The molecule has 3 aromatic rings.